The molecular weight excluding hydrogens is 516 g/mol. The van der Waals surface area contributed by atoms with E-state index in [4.69, 9.17) is 13.9 Å². The fraction of sp³-hybridized carbons (Fsp3) is 0.233. The number of amides is 1. The van der Waals surface area contributed by atoms with Crippen molar-refractivity contribution in [2.24, 2.45) is 5.92 Å². The van der Waals surface area contributed by atoms with Crippen LogP contribution in [0.4, 0.5) is 10.5 Å². The highest BCUT2D eigenvalue weighted by Crippen LogP contribution is 2.28. The molecule has 0 spiro atoms. The molecule has 10 nitrogen and oxygen atoms in total. The molecule has 0 bridgehead atoms. The lowest BCUT2D eigenvalue weighted by molar-refractivity contribution is -0.384. The minimum atomic E-state index is -0.961. The molecule has 1 N–H and O–H groups in total. The molecule has 3 aromatic carbocycles. The average molecular weight is 545 g/mol. The summed E-state index contributed by atoms with van der Waals surface area (Å²) >= 11 is 0. The lowest BCUT2D eigenvalue weighted by atomic mass is 10.0. The fourth-order valence-corrected chi connectivity index (χ4v) is 4.21. The zero-order valence-corrected chi connectivity index (χ0v) is 22.2. The summed E-state index contributed by atoms with van der Waals surface area (Å²) in [6.45, 7) is 5.49. The first-order valence-electron chi connectivity index (χ1n) is 12.6. The smallest absolute Gasteiger partial charge is 0.408 e. The lowest BCUT2D eigenvalue weighted by Gasteiger charge is -2.19. The van der Waals surface area contributed by atoms with Gasteiger partial charge in [0.05, 0.1) is 15.9 Å². The predicted molar refractivity (Wildman–Crippen MR) is 148 cm³/mol. The van der Waals surface area contributed by atoms with Crippen molar-refractivity contribution in [2.45, 2.75) is 39.8 Å². The van der Waals surface area contributed by atoms with Crippen molar-refractivity contribution in [1.29, 1.82) is 0 Å². The van der Waals surface area contributed by atoms with E-state index in [9.17, 15) is 24.5 Å². The van der Waals surface area contributed by atoms with Gasteiger partial charge in [-0.2, -0.15) is 0 Å². The summed E-state index contributed by atoms with van der Waals surface area (Å²) in [7, 11) is 0. The quantitative estimate of drug-likeness (QED) is 0.119. The molecule has 0 radical (unpaired) electrons. The van der Waals surface area contributed by atoms with Crippen LogP contribution in [0.25, 0.3) is 22.1 Å². The maximum atomic E-state index is 13.3. The van der Waals surface area contributed by atoms with E-state index in [1.807, 2.05) is 44.2 Å². The molecule has 1 heterocycles. The van der Waals surface area contributed by atoms with E-state index >= 15 is 0 Å². The monoisotopic (exact) mass is 544 g/mol. The first-order chi connectivity index (χ1) is 19.1. The number of alkyl carbamates (subject to hydrolysis) is 1. The van der Waals surface area contributed by atoms with Gasteiger partial charge in [0.25, 0.3) is 5.69 Å². The second kappa shape index (κ2) is 12.2. The molecular formula is C30H28N2O8. The predicted octanol–water partition coefficient (Wildman–Crippen LogP) is 5.92. The van der Waals surface area contributed by atoms with Crippen molar-refractivity contribution in [2.75, 3.05) is 0 Å². The number of esters is 1. The third-order valence-electron chi connectivity index (χ3n) is 6.12. The number of non-ortho nitro benzene ring substituents is 1. The zero-order valence-electron chi connectivity index (χ0n) is 22.2. The number of nitrogens with one attached hydrogen (secondary N) is 1. The zero-order chi connectivity index (χ0) is 28.8. The number of nitro benzene ring substituents is 1. The molecule has 0 fully saturated rings. The van der Waals surface area contributed by atoms with E-state index in [1.54, 1.807) is 6.92 Å². The summed E-state index contributed by atoms with van der Waals surface area (Å²) in [5, 5.41) is 13.8. The molecule has 40 heavy (non-hydrogen) atoms. The van der Waals surface area contributed by atoms with Gasteiger partial charge < -0.3 is 19.2 Å². The van der Waals surface area contributed by atoms with Crippen molar-refractivity contribution in [3.63, 3.8) is 0 Å². The molecule has 0 aliphatic heterocycles. The summed E-state index contributed by atoms with van der Waals surface area (Å²) in [5.74, 6) is -0.181. The van der Waals surface area contributed by atoms with Gasteiger partial charge in [0.15, 0.2) is 0 Å². The van der Waals surface area contributed by atoms with Gasteiger partial charge in [-0.25, -0.2) is 9.59 Å². The Labute approximate surface area is 229 Å². The third-order valence-corrected chi connectivity index (χ3v) is 6.12. The number of nitro groups is 1. The number of benzene rings is 3. The van der Waals surface area contributed by atoms with Crippen LogP contribution in [0.5, 0.6) is 5.75 Å². The van der Waals surface area contributed by atoms with Crippen LogP contribution in [0.15, 0.2) is 82.0 Å². The normalized spacial score (nSPS) is 11.7. The van der Waals surface area contributed by atoms with Gasteiger partial charge in [-0.3, -0.25) is 14.9 Å². The number of aryl methyl sites for hydroxylation is 1. The van der Waals surface area contributed by atoms with Gasteiger partial charge >= 0.3 is 12.1 Å². The number of hydrogen-bond donors (Lipinski definition) is 1. The van der Waals surface area contributed by atoms with Gasteiger partial charge in [-0.1, -0.05) is 44.2 Å². The third kappa shape index (κ3) is 6.71. The number of fused-ring (bicyclic) bond motifs is 1. The Morgan fingerprint density at radius 2 is 1.73 bits per heavy atom. The van der Waals surface area contributed by atoms with Crippen LogP contribution in [0.1, 0.15) is 31.6 Å². The Bertz CT molecular complexity index is 1590. The van der Waals surface area contributed by atoms with Crippen molar-refractivity contribution < 1.29 is 28.4 Å². The molecule has 1 aromatic heterocycles. The van der Waals surface area contributed by atoms with E-state index < -0.39 is 23.0 Å². The van der Waals surface area contributed by atoms with Crippen LogP contribution in [0.3, 0.4) is 0 Å². The lowest BCUT2D eigenvalue weighted by Crippen LogP contribution is -2.44. The van der Waals surface area contributed by atoms with E-state index in [0.29, 0.717) is 17.7 Å². The van der Waals surface area contributed by atoms with Crippen LogP contribution < -0.4 is 15.5 Å². The number of carbonyl (C=O) groups excluding carboxylic acids is 2. The second-order valence-corrected chi connectivity index (χ2v) is 9.63. The molecule has 0 saturated heterocycles. The molecule has 4 rings (SSSR count). The average Bonchev–Trinajstić information content (AvgIpc) is 2.92. The molecule has 0 aliphatic rings. The summed E-state index contributed by atoms with van der Waals surface area (Å²) in [4.78, 5) is 49.1. The maximum Gasteiger partial charge on any atom is 0.408 e. The first kappa shape index (κ1) is 28.0. The van der Waals surface area contributed by atoms with Crippen molar-refractivity contribution in [3.05, 3.63) is 104 Å². The Morgan fingerprint density at radius 1 is 1.02 bits per heavy atom. The highest BCUT2D eigenvalue weighted by Gasteiger charge is 2.25. The SMILES string of the molecule is Cc1oc2cc(OC(=O)[C@@H](CC(C)C)NC(=O)OCc3ccccc3)ccc2c(=O)c1-c1ccc([N+](=O)[O-])cc1. The number of ether oxygens (including phenoxy) is 2. The van der Waals surface area contributed by atoms with Crippen molar-refractivity contribution in [1.82, 2.24) is 5.32 Å². The van der Waals surface area contributed by atoms with Crippen LogP contribution in [-0.2, 0) is 16.1 Å². The summed E-state index contributed by atoms with van der Waals surface area (Å²) < 4.78 is 16.7. The van der Waals surface area contributed by atoms with Crippen molar-refractivity contribution >= 4 is 28.7 Å². The minimum absolute atomic E-state index is 0.0566. The van der Waals surface area contributed by atoms with E-state index in [-0.39, 0.29) is 45.9 Å². The van der Waals surface area contributed by atoms with Gasteiger partial charge in [-0.15, -0.1) is 0 Å². The van der Waals surface area contributed by atoms with Crippen LogP contribution in [-0.4, -0.2) is 23.0 Å². The number of rotatable bonds is 9. The van der Waals surface area contributed by atoms with Crippen LogP contribution >= 0.6 is 0 Å². The Morgan fingerprint density at radius 3 is 2.38 bits per heavy atom. The molecule has 1 amide bonds. The highest BCUT2D eigenvalue weighted by atomic mass is 16.6. The highest BCUT2D eigenvalue weighted by molar-refractivity contribution is 5.86. The molecule has 4 aromatic rings. The van der Waals surface area contributed by atoms with Gasteiger partial charge in [0.2, 0.25) is 5.43 Å². The van der Waals surface area contributed by atoms with Crippen molar-refractivity contribution in [3.8, 4) is 16.9 Å². The van der Waals surface area contributed by atoms with E-state index in [1.165, 1.54) is 42.5 Å². The van der Waals surface area contributed by atoms with Gasteiger partial charge in [0, 0.05) is 18.2 Å². The van der Waals surface area contributed by atoms with Crippen LogP contribution in [0.2, 0.25) is 0 Å². The molecule has 206 valence electrons. The summed E-state index contributed by atoms with van der Waals surface area (Å²) in [6.07, 6.45) is -0.426. The first-order valence-corrected chi connectivity index (χ1v) is 12.6. The van der Waals surface area contributed by atoms with E-state index in [0.717, 1.165) is 5.56 Å². The molecule has 10 heteroatoms. The summed E-state index contributed by atoms with van der Waals surface area (Å²) in [5.41, 5.74) is 1.36. The van der Waals surface area contributed by atoms with Crippen LogP contribution in [0, 0.1) is 23.0 Å². The Balaban J connectivity index is 1.51. The standard InChI is InChI=1S/C30H28N2O8/c1-18(2)15-25(31-30(35)38-17-20-7-5-4-6-8-20)29(34)40-23-13-14-24-26(16-23)39-19(3)27(28(24)33)21-9-11-22(12-10-21)32(36)37/h4-14,16,18,25H,15,17H2,1-3H3,(H,31,35)/t25-/m1/s1. The minimum Gasteiger partial charge on any atom is -0.460 e. The molecule has 0 aliphatic carbocycles. The topological polar surface area (TPSA) is 138 Å². The van der Waals surface area contributed by atoms with E-state index in [2.05, 4.69) is 5.32 Å². The Hall–Kier alpha value is -4.99. The fourth-order valence-electron chi connectivity index (χ4n) is 4.21. The Kier molecular flexibility index (Phi) is 8.58. The largest absolute Gasteiger partial charge is 0.460 e. The number of carbonyl (C=O) groups is 2. The second-order valence-electron chi connectivity index (χ2n) is 9.63. The number of nitrogens with zero attached hydrogens (tertiary/aromatic N) is 1. The number of hydrogen-bond acceptors (Lipinski definition) is 8. The molecule has 0 unspecified atom stereocenters. The van der Waals surface area contributed by atoms with Gasteiger partial charge in [0.1, 0.15) is 29.7 Å². The molecule has 1 atom stereocenters. The molecule has 0 saturated carbocycles. The van der Waals surface area contributed by atoms with Gasteiger partial charge in [-0.05, 0) is 54.7 Å². The maximum absolute atomic E-state index is 13.3. The summed E-state index contributed by atoms with van der Waals surface area (Å²) in [6, 6.07) is 18.2.